The Kier molecular flexibility index (Phi) is 18.5. The van der Waals surface area contributed by atoms with Crippen molar-refractivity contribution in [3.63, 3.8) is 0 Å². The summed E-state index contributed by atoms with van der Waals surface area (Å²) >= 11 is 5.19. The molecule has 0 saturated carbocycles. The minimum absolute atomic E-state index is 0.0205. The number of carbonyl (C=O) groups excluding carboxylic acids is 3. The summed E-state index contributed by atoms with van der Waals surface area (Å²) in [5, 5.41) is 28.5. The fourth-order valence-electron chi connectivity index (χ4n) is 10.5. The number of β-amino-alcohol motifs (C(OH)–C–C–N with tert-alkyl or cyclic N) is 1. The summed E-state index contributed by atoms with van der Waals surface area (Å²) in [5.74, 6) is 0.475. The molecule has 5 N–H and O–H groups in total. The van der Waals surface area contributed by atoms with Gasteiger partial charge in [-0.1, -0.05) is 57.9 Å². The number of carbonyl (C=O) groups is 3. The SMILES string of the molecule is COc1cc(N2CCN(CCCCCCC(=O)N[C@H](C(=O)N3C[C@H](O)C[C@H]3C(=O)NCc3ccc(-c4scnc4C)cc3)C(C)(C)C)CC2)c(-c2cnn(C)c2)cc1Nc1ncc(Br)c(Nc2ccc3nccnc3c2P(C)(C)=O)n1. The molecule has 0 unspecified atom stereocenters. The van der Waals surface area contributed by atoms with Gasteiger partial charge in [-0.25, -0.2) is 9.97 Å². The van der Waals surface area contributed by atoms with Gasteiger partial charge in [0.25, 0.3) is 0 Å². The molecule has 3 atom stereocenters. The second-order valence-electron chi connectivity index (χ2n) is 22.3. The van der Waals surface area contributed by atoms with Gasteiger partial charge in [-0.15, -0.1) is 11.3 Å². The van der Waals surface area contributed by atoms with Crippen molar-refractivity contribution in [2.75, 3.05) is 75.2 Å². The third-order valence-corrected chi connectivity index (χ3v) is 17.9. The highest BCUT2D eigenvalue weighted by molar-refractivity contribution is 9.10. The molecule has 20 nitrogen and oxygen atoms in total. The number of fused-ring (bicyclic) bond motifs is 1. The first-order valence-electron chi connectivity index (χ1n) is 27.3. The van der Waals surface area contributed by atoms with E-state index in [1.54, 1.807) is 55.0 Å². The van der Waals surface area contributed by atoms with E-state index in [0.717, 1.165) is 90.5 Å². The van der Waals surface area contributed by atoms with E-state index >= 15 is 0 Å². The standard InChI is InChI=1S/C58H72BrN14O6PS/c1-36-52(81-35-64-36)38-16-14-37(15-17-38)30-62-55(76)47-27-40(74)34-73(47)56(77)53(58(2,3)4)68-49(75)13-11-9-10-12-22-71-23-25-72(26-24-71)46-29-48(79-6)45(28-41(46)39-31-65-70(5)33-39)67-57-63-32-42(59)54(69-57)66-44-19-18-43-50(61-21-20-60-43)51(44)80(7,8)78/h14-21,28-29,31-33,35,40,47,53,74H,9-13,22-27,30,34H2,1-8H3,(H,62,76)(H,68,75)(H2,63,66,67,69)/t40-,47+,53-/m1/s1. The molecule has 2 fully saturated rings. The lowest BCUT2D eigenvalue weighted by molar-refractivity contribution is -0.144. The minimum Gasteiger partial charge on any atom is -0.494 e. The zero-order valence-corrected chi connectivity index (χ0v) is 50.5. The Morgan fingerprint density at radius 3 is 2.36 bits per heavy atom. The summed E-state index contributed by atoms with van der Waals surface area (Å²) in [6, 6.07) is 14.0. The van der Waals surface area contributed by atoms with Crippen LogP contribution in [0.5, 0.6) is 5.75 Å². The Labute approximate surface area is 485 Å². The number of nitrogens with zero attached hydrogens (tertiary/aromatic N) is 10. The van der Waals surface area contributed by atoms with Crippen LogP contribution in [0.15, 0.2) is 89.5 Å². The van der Waals surface area contributed by atoms with Crippen LogP contribution in [0.2, 0.25) is 0 Å². The highest BCUT2D eigenvalue weighted by Gasteiger charge is 2.44. The third kappa shape index (κ3) is 14.3. The maximum atomic E-state index is 14.2. The van der Waals surface area contributed by atoms with Gasteiger partial charge < -0.3 is 45.5 Å². The number of piperazine rings is 1. The van der Waals surface area contributed by atoms with Gasteiger partial charge in [-0.05, 0) is 90.3 Å². The van der Waals surface area contributed by atoms with Gasteiger partial charge in [0, 0.05) is 107 Å². The maximum absolute atomic E-state index is 14.2. The normalized spacial score (nSPS) is 16.4. The van der Waals surface area contributed by atoms with E-state index in [1.807, 2.05) is 95.1 Å². The van der Waals surface area contributed by atoms with Gasteiger partial charge in [0.1, 0.15) is 36.3 Å². The van der Waals surface area contributed by atoms with Gasteiger partial charge in [0.2, 0.25) is 23.7 Å². The molecule has 428 valence electrons. The Morgan fingerprint density at radius 1 is 0.914 bits per heavy atom. The van der Waals surface area contributed by atoms with Crippen molar-refractivity contribution in [2.24, 2.45) is 12.5 Å². The number of rotatable bonds is 21. The van der Waals surface area contributed by atoms with Crippen LogP contribution in [0.4, 0.5) is 28.8 Å². The number of likely N-dealkylation sites (tertiary alicyclic amines) is 1. The van der Waals surface area contributed by atoms with Crippen LogP contribution in [0.1, 0.15) is 70.6 Å². The van der Waals surface area contributed by atoms with E-state index < -0.39 is 30.7 Å². The molecule has 0 radical (unpaired) electrons. The number of ether oxygens (including phenoxy) is 1. The molecule has 81 heavy (non-hydrogen) atoms. The molecule has 0 spiro atoms. The third-order valence-electron chi connectivity index (χ3n) is 14.8. The van der Waals surface area contributed by atoms with Crippen molar-refractivity contribution >= 4 is 97.3 Å². The molecule has 2 aliphatic heterocycles. The quantitative estimate of drug-likeness (QED) is 0.0334. The number of benzene rings is 3. The second-order valence-corrected chi connectivity index (χ2v) is 27.1. The van der Waals surface area contributed by atoms with Crippen LogP contribution in [0, 0.1) is 12.3 Å². The number of aliphatic hydroxyl groups excluding tert-OH is 1. The average molecular weight is 1200 g/mol. The van der Waals surface area contributed by atoms with Gasteiger partial charge >= 0.3 is 0 Å². The van der Waals surface area contributed by atoms with E-state index in [1.165, 1.54) is 4.90 Å². The fourth-order valence-corrected chi connectivity index (χ4v) is 13.0. The number of halogens is 1. The van der Waals surface area contributed by atoms with Crippen LogP contribution < -0.4 is 36.2 Å². The van der Waals surface area contributed by atoms with Crippen LogP contribution in [-0.2, 0) is 32.5 Å². The summed E-state index contributed by atoms with van der Waals surface area (Å²) in [6.07, 6.45) is 11.8. The molecule has 23 heteroatoms. The number of hydrogen-bond donors (Lipinski definition) is 5. The fraction of sp³-hybridized carbons (Fsp3) is 0.431. The number of hydrogen-bond acceptors (Lipinski definition) is 17. The monoisotopic (exact) mass is 1200 g/mol. The Bertz CT molecular complexity index is 3430. The minimum atomic E-state index is -2.82. The number of methoxy groups -OCH3 is 1. The number of thiazole rings is 1. The van der Waals surface area contributed by atoms with E-state index in [0.29, 0.717) is 56.1 Å². The van der Waals surface area contributed by atoms with Crippen molar-refractivity contribution in [1.29, 1.82) is 0 Å². The number of aryl methyl sites for hydroxylation is 2. The maximum Gasteiger partial charge on any atom is 0.246 e. The lowest BCUT2D eigenvalue weighted by Crippen LogP contribution is -2.57. The smallest absolute Gasteiger partial charge is 0.246 e. The lowest BCUT2D eigenvalue weighted by Gasteiger charge is -2.37. The van der Waals surface area contributed by atoms with E-state index in [4.69, 9.17) is 9.72 Å². The summed E-state index contributed by atoms with van der Waals surface area (Å²) < 4.78 is 22.0. The molecule has 3 aromatic carbocycles. The van der Waals surface area contributed by atoms with Gasteiger partial charge in [-0.2, -0.15) is 10.1 Å². The molecule has 2 saturated heterocycles. The summed E-state index contributed by atoms with van der Waals surface area (Å²) in [6.45, 7) is 15.7. The van der Waals surface area contributed by atoms with Crippen LogP contribution >= 0.6 is 34.4 Å². The number of amides is 3. The first-order chi connectivity index (χ1) is 38.7. The highest BCUT2D eigenvalue weighted by atomic mass is 79.9. The lowest BCUT2D eigenvalue weighted by atomic mass is 9.85. The Balaban J connectivity index is 0.756. The van der Waals surface area contributed by atoms with E-state index in [9.17, 15) is 24.1 Å². The number of aromatic nitrogens is 7. The van der Waals surface area contributed by atoms with Gasteiger partial charge in [0.05, 0.1) is 62.2 Å². The highest BCUT2D eigenvalue weighted by Crippen LogP contribution is 2.43. The van der Waals surface area contributed by atoms with Crippen molar-refractivity contribution < 1.29 is 28.8 Å². The topological polar surface area (TPSA) is 238 Å². The molecule has 6 heterocycles. The first-order valence-corrected chi connectivity index (χ1v) is 31.6. The zero-order valence-electron chi connectivity index (χ0n) is 47.2. The number of aliphatic hydroxyl groups is 1. The van der Waals surface area contributed by atoms with E-state index in [-0.39, 0.29) is 43.7 Å². The largest absolute Gasteiger partial charge is 0.494 e. The molecule has 0 bridgehead atoms. The summed E-state index contributed by atoms with van der Waals surface area (Å²) in [7, 11) is 0.716. The predicted molar refractivity (Wildman–Crippen MR) is 324 cm³/mol. The Hall–Kier alpha value is -6.84. The summed E-state index contributed by atoms with van der Waals surface area (Å²) in [5.41, 5.74) is 9.56. The summed E-state index contributed by atoms with van der Waals surface area (Å²) in [4.78, 5) is 71.3. The predicted octanol–water partition coefficient (Wildman–Crippen LogP) is 8.64. The Morgan fingerprint density at radius 2 is 1.67 bits per heavy atom. The number of nitrogens with one attached hydrogen (secondary N) is 4. The van der Waals surface area contributed by atoms with Crippen molar-refractivity contribution in [1.82, 2.24) is 55.1 Å². The van der Waals surface area contributed by atoms with Crippen molar-refractivity contribution in [2.45, 2.75) is 91.0 Å². The number of anilines is 5. The molecule has 0 aliphatic carbocycles. The number of unbranched alkanes of at least 4 members (excludes halogenated alkanes) is 3. The molecule has 4 aromatic heterocycles. The molecule has 9 rings (SSSR count). The molecular weight excluding hydrogens is 1130 g/mol. The van der Waals surface area contributed by atoms with Gasteiger partial charge in [0.15, 0.2) is 0 Å². The molecule has 2 aliphatic rings. The zero-order chi connectivity index (χ0) is 57.6. The second kappa shape index (κ2) is 25.5. The first kappa shape index (κ1) is 58.8. The van der Waals surface area contributed by atoms with Crippen LogP contribution in [-0.4, -0.2) is 145 Å². The van der Waals surface area contributed by atoms with E-state index in [2.05, 4.69) is 78.1 Å². The molecular formula is C58H72BrN14O6PS. The van der Waals surface area contributed by atoms with Crippen molar-refractivity contribution in [3.8, 4) is 27.3 Å². The molecule has 7 aromatic rings. The van der Waals surface area contributed by atoms with Gasteiger partial charge in [-0.3, -0.25) is 33.9 Å². The van der Waals surface area contributed by atoms with Crippen LogP contribution in [0.3, 0.4) is 0 Å². The van der Waals surface area contributed by atoms with Crippen molar-refractivity contribution in [3.05, 3.63) is 101 Å². The van der Waals surface area contributed by atoms with Crippen LogP contribution in [0.25, 0.3) is 32.6 Å². The average Bonchev–Trinajstić information content (AvgIpc) is 4.34. The molecule has 3 amide bonds.